The zero-order valence-corrected chi connectivity index (χ0v) is 12.8. The SMILES string of the molecule is C[C@H](OC(=O)c1ccc(O)cc1)C(=O)c1ccc(Br)cc1. The van der Waals surface area contributed by atoms with Crippen LogP contribution in [0.25, 0.3) is 0 Å². The molecule has 0 heterocycles. The second-order valence-electron chi connectivity index (χ2n) is 4.47. The molecule has 0 aliphatic carbocycles. The van der Waals surface area contributed by atoms with Gasteiger partial charge in [0.1, 0.15) is 5.75 Å². The number of ether oxygens (including phenoxy) is 1. The normalized spacial score (nSPS) is 11.7. The lowest BCUT2D eigenvalue weighted by Crippen LogP contribution is -2.24. The lowest BCUT2D eigenvalue weighted by Gasteiger charge is -2.12. The number of hydrogen-bond acceptors (Lipinski definition) is 4. The van der Waals surface area contributed by atoms with Gasteiger partial charge in [-0.2, -0.15) is 0 Å². The number of rotatable bonds is 4. The second kappa shape index (κ2) is 6.54. The number of carbonyl (C=O) groups excluding carboxylic acids is 2. The molecule has 4 nitrogen and oxygen atoms in total. The van der Waals surface area contributed by atoms with Crippen molar-refractivity contribution < 1.29 is 19.4 Å². The first-order valence-electron chi connectivity index (χ1n) is 6.27. The molecule has 1 atom stereocenters. The summed E-state index contributed by atoms with van der Waals surface area (Å²) in [4.78, 5) is 24.0. The molecule has 0 amide bonds. The highest BCUT2D eigenvalue weighted by Gasteiger charge is 2.20. The Morgan fingerprint density at radius 3 is 2.10 bits per heavy atom. The van der Waals surface area contributed by atoms with Crippen LogP contribution in [0.4, 0.5) is 0 Å². The molecule has 2 aromatic rings. The van der Waals surface area contributed by atoms with Crippen LogP contribution < -0.4 is 0 Å². The van der Waals surface area contributed by atoms with Gasteiger partial charge in [0.05, 0.1) is 5.56 Å². The molecule has 0 unspecified atom stereocenters. The van der Waals surface area contributed by atoms with Crippen LogP contribution in [0.2, 0.25) is 0 Å². The van der Waals surface area contributed by atoms with E-state index in [9.17, 15) is 9.59 Å². The van der Waals surface area contributed by atoms with E-state index in [-0.39, 0.29) is 17.1 Å². The summed E-state index contributed by atoms with van der Waals surface area (Å²) in [7, 11) is 0. The predicted octanol–water partition coefficient (Wildman–Crippen LogP) is 3.58. The molecule has 0 bridgehead atoms. The van der Waals surface area contributed by atoms with Gasteiger partial charge in [-0.05, 0) is 43.3 Å². The van der Waals surface area contributed by atoms with Crippen LogP contribution in [-0.4, -0.2) is 23.0 Å². The predicted molar refractivity (Wildman–Crippen MR) is 81.5 cm³/mol. The summed E-state index contributed by atoms with van der Waals surface area (Å²) in [6, 6.07) is 12.5. The standard InChI is InChI=1S/C16H13BrO4/c1-10(15(19)11-2-6-13(17)7-3-11)21-16(20)12-4-8-14(18)9-5-12/h2-10,18H,1H3/t10-/m0/s1. The van der Waals surface area contributed by atoms with Crippen molar-refractivity contribution >= 4 is 27.7 Å². The molecule has 0 saturated heterocycles. The molecule has 21 heavy (non-hydrogen) atoms. The first kappa shape index (κ1) is 15.3. The molecule has 5 heteroatoms. The molecule has 0 aliphatic rings. The third-order valence-electron chi connectivity index (χ3n) is 2.88. The van der Waals surface area contributed by atoms with Crippen molar-refractivity contribution in [1.82, 2.24) is 0 Å². The summed E-state index contributed by atoms with van der Waals surface area (Å²) >= 11 is 3.29. The maximum atomic E-state index is 12.1. The quantitative estimate of drug-likeness (QED) is 0.677. The number of aromatic hydroxyl groups is 1. The molecular weight excluding hydrogens is 336 g/mol. The molecule has 1 N–H and O–H groups in total. The van der Waals surface area contributed by atoms with Crippen molar-refractivity contribution in [3.05, 3.63) is 64.1 Å². The molecule has 0 aliphatic heterocycles. The van der Waals surface area contributed by atoms with Crippen LogP contribution in [0.5, 0.6) is 5.75 Å². The van der Waals surface area contributed by atoms with Crippen LogP contribution in [0, 0.1) is 0 Å². The number of benzene rings is 2. The molecule has 2 rings (SSSR count). The highest BCUT2D eigenvalue weighted by Crippen LogP contribution is 2.15. The van der Waals surface area contributed by atoms with Crippen LogP contribution in [0.3, 0.4) is 0 Å². The van der Waals surface area contributed by atoms with Gasteiger partial charge in [0.15, 0.2) is 6.10 Å². The number of esters is 1. The van der Waals surface area contributed by atoms with E-state index in [2.05, 4.69) is 15.9 Å². The van der Waals surface area contributed by atoms with Gasteiger partial charge in [-0.25, -0.2) is 4.79 Å². The molecule has 0 spiro atoms. The van der Waals surface area contributed by atoms with Crippen molar-refractivity contribution in [2.45, 2.75) is 13.0 Å². The van der Waals surface area contributed by atoms with Crippen molar-refractivity contribution in [1.29, 1.82) is 0 Å². The summed E-state index contributed by atoms with van der Waals surface area (Å²) in [6.07, 6.45) is -0.882. The summed E-state index contributed by atoms with van der Waals surface area (Å²) < 4.78 is 6.01. The van der Waals surface area contributed by atoms with E-state index in [0.29, 0.717) is 5.56 Å². The zero-order chi connectivity index (χ0) is 15.4. The Balaban J connectivity index is 2.05. The van der Waals surface area contributed by atoms with E-state index in [1.54, 1.807) is 24.3 Å². The maximum absolute atomic E-state index is 12.1. The fourth-order valence-corrected chi connectivity index (χ4v) is 1.99. The Bertz CT molecular complexity index is 647. The summed E-state index contributed by atoms with van der Waals surface area (Å²) in [5.41, 5.74) is 0.757. The van der Waals surface area contributed by atoms with Gasteiger partial charge in [0, 0.05) is 10.0 Å². The topological polar surface area (TPSA) is 63.6 Å². The highest BCUT2D eigenvalue weighted by atomic mass is 79.9. The first-order chi connectivity index (χ1) is 9.97. The van der Waals surface area contributed by atoms with Crippen molar-refractivity contribution in [3.8, 4) is 5.75 Å². The van der Waals surface area contributed by atoms with Gasteiger partial charge in [-0.1, -0.05) is 28.1 Å². The first-order valence-corrected chi connectivity index (χ1v) is 7.06. The van der Waals surface area contributed by atoms with Crippen molar-refractivity contribution in [2.75, 3.05) is 0 Å². The largest absolute Gasteiger partial charge is 0.508 e. The average molecular weight is 349 g/mol. The number of phenols is 1. The summed E-state index contributed by atoms with van der Waals surface area (Å²) in [5, 5.41) is 9.17. The lowest BCUT2D eigenvalue weighted by atomic mass is 10.1. The number of hydrogen-bond donors (Lipinski definition) is 1. The Hall–Kier alpha value is -2.14. The van der Waals surface area contributed by atoms with Crippen LogP contribution >= 0.6 is 15.9 Å². The smallest absolute Gasteiger partial charge is 0.338 e. The molecule has 0 radical (unpaired) electrons. The second-order valence-corrected chi connectivity index (χ2v) is 5.38. The average Bonchev–Trinajstić information content (AvgIpc) is 2.47. The van der Waals surface area contributed by atoms with Gasteiger partial charge >= 0.3 is 5.97 Å². The van der Waals surface area contributed by atoms with E-state index in [1.165, 1.54) is 31.2 Å². The highest BCUT2D eigenvalue weighted by molar-refractivity contribution is 9.10. The lowest BCUT2D eigenvalue weighted by molar-refractivity contribution is 0.0319. The van der Waals surface area contributed by atoms with E-state index >= 15 is 0 Å². The molecule has 108 valence electrons. The van der Waals surface area contributed by atoms with E-state index < -0.39 is 12.1 Å². The van der Waals surface area contributed by atoms with Crippen LogP contribution in [0.1, 0.15) is 27.6 Å². The van der Waals surface area contributed by atoms with Gasteiger partial charge in [0.25, 0.3) is 0 Å². The molecule has 0 aromatic heterocycles. The number of halogens is 1. The summed E-state index contributed by atoms with van der Waals surface area (Å²) in [6.45, 7) is 1.53. The maximum Gasteiger partial charge on any atom is 0.338 e. The number of Topliss-reactive ketones (excluding diaryl/α,β-unsaturated/α-hetero) is 1. The van der Waals surface area contributed by atoms with E-state index in [0.717, 1.165) is 4.47 Å². The van der Waals surface area contributed by atoms with Crippen molar-refractivity contribution in [2.24, 2.45) is 0 Å². The van der Waals surface area contributed by atoms with Crippen molar-refractivity contribution in [3.63, 3.8) is 0 Å². The third-order valence-corrected chi connectivity index (χ3v) is 3.41. The van der Waals surface area contributed by atoms with Gasteiger partial charge in [0.2, 0.25) is 5.78 Å². The van der Waals surface area contributed by atoms with Crippen LogP contribution in [-0.2, 0) is 4.74 Å². The Labute approximate surface area is 130 Å². The Kier molecular flexibility index (Phi) is 4.75. The van der Waals surface area contributed by atoms with Gasteiger partial charge in [-0.15, -0.1) is 0 Å². The fourth-order valence-electron chi connectivity index (χ4n) is 1.73. The molecule has 2 aromatic carbocycles. The minimum absolute atomic E-state index is 0.0607. The fraction of sp³-hybridized carbons (Fsp3) is 0.125. The molecular formula is C16H13BrO4. The Morgan fingerprint density at radius 1 is 1.00 bits per heavy atom. The van der Waals surface area contributed by atoms with E-state index in [4.69, 9.17) is 9.84 Å². The minimum Gasteiger partial charge on any atom is -0.508 e. The van der Waals surface area contributed by atoms with Gasteiger partial charge in [-0.3, -0.25) is 4.79 Å². The third kappa shape index (κ3) is 3.92. The Morgan fingerprint density at radius 2 is 1.52 bits per heavy atom. The molecule has 0 fully saturated rings. The number of phenolic OH excluding ortho intramolecular Hbond substituents is 1. The monoisotopic (exact) mass is 348 g/mol. The van der Waals surface area contributed by atoms with Gasteiger partial charge < -0.3 is 9.84 Å². The zero-order valence-electron chi connectivity index (χ0n) is 11.2. The van der Waals surface area contributed by atoms with E-state index in [1.807, 2.05) is 0 Å². The number of ketones is 1. The minimum atomic E-state index is -0.882. The summed E-state index contributed by atoms with van der Waals surface area (Å²) in [5.74, 6) is -0.812. The number of carbonyl (C=O) groups is 2. The van der Waals surface area contributed by atoms with Crippen LogP contribution in [0.15, 0.2) is 53.0 Å². The molecule has 0 saturated carbocycles.